The SMILES string of the molecule is Cn1nnc2c1CCC(NC(=O)NCc1noc(-c3ccccc3F)n1)C2. The van der Waals surface area contributed by atoms with Gasteiger partial charge in [-0.05, 0) is 25.0 Å². The monoisotopic (exact) mass is 371 g/mol. The molecule has 3 aromatic rings. The first-order valence-electron chi connectivity index (χ1n) is 8.59. The molecule has 0 radical (unpaired) electrons. The minimum absolute atomic E-state index is 0.00607. The number of aryl methyl sites for hydroxylation is 1. The highest BCUT2D eigenvalue weighted by atomic mass is 19.1. The van der Waals surface area contributed by atoms with E-state index in [4.69, 9.17) is 4.52 Å². The number of aromatic nitrogens is 5. The molecule has 0 saturated carbocycles. The number of benzene rings is 1. The third-order valence-electron chi connectivity index (χ3n) is 4.51. The predicted octanol–water partition coefficient (Wildman–Crippen LogP) is 1.36. The molecule has 0 aliphatic heterocycles. The van der Waals surface area contributed by atoms with Gasteiger partial charge < -0.3 is 15.2 Å². The van der Waals surface area contributed by atoms with Crippen LogP contribution in [0.1, 0.15) is 23.6 Å². The molecule has 0 bridgehead atoms. The molecule has 4 rings (SSSR count). The summed E-state index contributed by atoms with van der Waals surface area (Å²) in [6.45, 7) is 0.0763. The zero-order chi connectivity index (χ0) is 18.8. The molecule has 2 heterocycles. The first-order valence-corrected chi connectivity index (χ1v) is 8.59. The number of nitrogens with one attached hydrogen (secondary N) is 2. The van der Waals surface area contributed by atoms with Crippen LogP contribution in [0.4, 0.5) is 9.18 Å². The van der Waals surface area contributed by atoms with E-state index in [9.17, 15) is 9.18 Å². The van der Waals surface area contributed by atoms with Gasteiger partial charge >= 0.3 is 6.03 Å². The fourth-order valence-electron chi connectivity index (χ4n) is 3.12. The number of urea groups is 1. The van der Waals surface area contributed by atoms with Crippen molar-refractivity contribution >= 4 is 6.03 Å². The maximum Gasteiger partial charge on any atom is 0.315 e. The van der Waals surface area contributed by atoms with Crippen LogP contribution in [0.3, 0.4) is 0 Å². The number of rotatable bonds is 4. The molecule has 0 fully saturated rings. The van der Waals surface area contributed by atoms with Crippen molar-refractivity contribution in [1.29, 1.82) is 0 Å². The van der Waals surface area contributed by atoms with Gasteiger partial charge in [-0.15, -0.1) is 5.10 Å². The van der Waals surface area contributed by atoms with Crippen LogP contribution in [0.25, 0.3) is 11.5 Å². The lowest BCUT2D eigenvalue weighted by atomic mass is 9.96. The molecule has 10 heteroatoms. The standard InChI is InChI=1S/C17H18FN7O2/c1-25-14-7-6-10(8-13(14)22-24-25)20-17(26)19-9-15-21-16(27-23-15)11-4-2-3-5-12(11)18/h2-5,10H,6-9H2,1H3,(H2,19,20,26). The van der Waals surface area contributed by atoms with Crippen molar-refractivity contribution in [1.82, 2.24) is 35.8 Å². The summed E-state index contributed by atoms with van der Waals surface area (Å²) in [5.41, 5.74) is 2.25. The molecular weight excluding hydrogens is 353 g/mol. The van der Waals surface area contributed by atoms with Gasteiger partial charge in [0.2, 0.25) is 0 Å². The lowest BCUT2D eigenvalue weighted by molar-refractivity contribution is 0.234. The van der Waals surface area contributed by atoms with Crippen molar-refractivity contribution in [3.63, 3.8) is 0 Å². The smallest absolute Gasteiger partial charge is 0.315 e. The second kappa shape index (κ2) is 7.14. The van der Waals surface area contributed by atoms with Gasteiger partial charge in [0.15, 0.2) is 5.82 Å². The summed E-state index contributed by atoms with van der Waals surface area (Å²) >= 11 is 0. The highest BCUT2D eigenvalue weighted by molar-refractivity contribution is 5.74. The van der Waals surface area contributed by atoms with E-state index in [0.717, 1.165) is 24.2 Å². The number of hydrogen-bond acceptors (Lipinski definition) is 6. The Morgan fingerprint density at radius 3 is 3.11 bits per heavy atom. The third-order valence-corrected chi connectivity index (χ3v) is 4.51. The van der Waals surface area contributed by atoms with Crippen LogP contribution >= 0.6 is 0 Å². The average Bonchev–Trinajstić information content (AvgIpc) is 3.27. The molecule has 1 aliphatic rings. The molecule has 0 saturated heterocycles. The fraction of sp³-hybridized carbons (Fsp3) is 0.353. The van der Waals surface area contributed by atoms with Crippen molar-refractivity contribution in [2.24, 2.45) is 7.05 Å². The summed E-state index contributed by atoms with van der Waals surface area (Å²) in [4.78, 5) is 16.2. The minimum Gasteiger partial charge on any atom is -0.335 e. The molecular formula is C17H18FN7O2. The zero-order valence-electron chi connectivity index (χ0n) is 14.6. The molecule has 1 aromatic carbocycles. The second-order valence-electron chi connectivity index (χ2n) is 6.37. The summed E-state index contributed by atoms with van der Waals surface area (Å²) in [6, 6.07) is 5.80. The van der Waals surface area contributed by atoms with Crippen LogP contribution < -0.4 is 10.6 Å². The topological polar surface area (TPSA) is 111 Å². The Hall–Kier alpha value is -3.30. The molecule has 1 atom stereocenters. The van der Waals surface area contributed by atoms with Crippen LogP contribution in [-0.4, -0.2) is 37.2 Å². The lowest BCUT2D eigenvalue weighted by Gasteiger charge is -2.22. The van der Waals surface area contributed by atoms with Gasteiger partial charge in [-0.2, -0.15) is 4.98 Å². The Morgan fingerprint density at radius 1 is 1.41 bits per heavy atom. The maximum atomic E-state index is 13.7. The molecule has 9 nitrogen and oxygen atoms in total. The quantitative estimate of drug-likeness (QED) is 0.716. The van der Waals surface area contributed by atoms with Crippen LogP contribution in [0.5, 0.6) is 0 Å². The Balaban J connectivity index is 1.31. The van der Waals surface area contributed by atoms with Gasteiger partial charge in [0.25, 0.3) is 5.89 Å². The number of fused-ring (bicyclic) bond motifs is 1. The number of carbonyl (C=O) groups is 1. The van der Waals surface area contributed by atoms with E-state index >= 15 is 0 Å². The summed E-state index contributed by atoms with van der Waals surface area (Å²) in [5.74, 6) is -0.102. The Labute approximate surface area is 154 Å². The van der Waals surface area contributed by atoms with Gasteiger partial charge in [-0.25, -0.2) is 9.18 Å². The number of amides is 2. The normalized spacial score (nSPS) is 16.0. The van der Waals surface area contributed by atoms with Crippen molar-refractivity contribution in [2.45, 2.75) is 31.8 Å². The second-order valence-corrected chi connectivity index (χ2v) is 6.37. The molecule has 2 amide bonds. The molecule has 140 valence electrons. The van der Waals surface area contributed by atoms with E-state index in [1.54, 1.807) is 22.9 Å². The highest BCUT2D eigenvalue weighted by Gasteiger charge is 2.24. The van der Waals surface area contributed by atoms with Crippen LogP contribution in [0.15, 0.2) is 28.8 Å². The van der Waals surface area contributed by atoms with E-state index < -0.39 is 5.82 Å². The van der Waals surface area contributed by atoms with Crippen molar-refractivity contribution < 1.29 is 13.7 Å². The van der Waals surface area contributed by atoms with E-state index in [1.807, 2.05) is 7.05 Å². The van der Waals surface area contributed by atoms with Gasteiger partial charge in [0.1, 0.15) is 5.82 Å². The van der Waals surface area contributed by atoms with Crippen molar-refractivity contribution in [3.8, 4) is 11.5 Å². The highest BCUT2D eigenvalue weighted by Crippen LogP contribution is 2.20. The van der Waals surface area contributed by atoms with Crippen LogP contribution in [0.2, 0.25) is 0 Å². The minimum atomic E-state index is -0.445. The van der Waals surface area contributed by atoms with Gasteiger partial charge in [-0.1, -0.05) is 22.5 Å². The predicted molar refractivity (Wildman–Crippen MR) is 91.9 cm³/mol. The number of halogens is 1. The van der Waals surface area contributed by atoms with E-state index in [-0.39, 0.29) is 35.9 Å². The Bertz CT molecular complexity index is 968. The van der Waals surface area contributed by atoms with Crippen molar-refractivity contribution in [2.75, 3.05) is 0 Å². The molecule has 2 N–H and O–H groups in total. The molecule has 1 aliphatic carbocycles. The first-order chi connectivity index (χ1) is 13.1. The van der Waals surface area contributed by atoms with Gasteiger partial charge in [0, 0.05) is 19.5 Å². The molecule has 0 spiro atoms. The van der Waals surface area contributed by atoms with Crippen LogP contribution in [0, 0.1) is 5.82 Å². The summed E-state index contributed by atoms with van der Waals surface area (Å²) in [6.07, 6.45) is 2.29. The van der Waals surface area contributed by atoms with Crippen molar-refractivity contribution in [3.05, 3.63) is 47.3 Å². The molecule has 2 aromatic heterocycles. The maximum absolute atomic E-state index is 13.7. The fourth-order valence-corrected chi connectivity index (χ4v) is 3.12. The summed E-state index contributed by atoms with van der Waals surface area (Å²) in [7, 11) is 1.87. The number of nitrogens with zero attached hydrogens (tertiary/aromatic N) is 5. The van der Waals surface area contributed by atoms with E-state index in [0.29, 0.717) is 6.42 Å². The number of carbonyl (C=O) groups excluding carboxylic acids is 1. The first kappa shape index (κ1) is 17.1. The van der Waals surface area contributed by atoms with Crippen LogP contribution in [-0.2, 0) is 26.4 Å². The Kier molecular flexibility index (Phi) is 4.53. The van der Waals surface area contributed by atoms with E-state index in [2.05, 4.69) is 31.1 Å². The van der Waals surface area contributed by atoms with Gasteiger partial charge in [-0.3, -0.25) is 4.68 Å². The lowest BCUT2D eigenvalue weighted by Crippen LogP contribution is -2.44. The average molecular weight is 371 g/mol. The molecule has 1 unspecified atom stereocenters. The van der Waals surface area contributed by atoms with E-state index in [1.165, 1.54) is 6.07 Å². The summed E-state index contributed by atoms with van der Waals surface area (Å²) < 4.78 is 20.6. The van der Waals surface area contributed by atoms with Gasteiger partial charge in [0.05, 0.1) is 23.5 Å². The third kappa shape index (κ3) is 3.64. The Morgan fingerprint density at radius 2 is 2.26 bits per heavy atom. The molecule has 27 heavy (non-hydrogen) atoms. The summed E-state index contributed by atoms with van der Waals surface area (Å²) in [5, 5.41) is 17.5. The zero-order valence-corrected chi connectivity index (χ0v) is 14.6. The number of hydrogen-bond donors (Lipinski definition) is 2. The largest absolute Gasteiger partial charge is 0.335 e.